The van der Waals surface area contributed by atoms with Gasteiger partial charge in [-0.25, -0.2) is 9.79 Å². The SMILES string of the molecule is COC(=O)c1ccc2c(c1)NCOCC(c1ccc3c(c1)OCO3)=N2. The summed E-state index contributed by atoms with van der Waals surface area (Å²) in [5.74, 6) is 1.02. The van der Waals surface area contributed by atoms with Gasteiger partial charge >= 0.3 is 5.97 Å². The smallest absolute Gasteiger partial charge is 0.337 e. The maximum atomic E-state index is 11.7. The molecular formula is C18H16N2O5. The molecule has 2 aliphatic rings. The number of hydrogen-bond donors (Lipinski definition) is 1. The summed E-state index contributed by atoms with van der Waals surface area (Å²) in [6, 6.07) is 10.9. The lowest BCUT2D eigenvalue weighted by Gasteiger charge is -2.17. The molecule has 7 heteroatoms. The van der Waals surface area contributed by atoms with Gasteiger partial charge in [-0.2, -0.15) is 0 Å². The molecule has 1 N–H and O–H groups in total. The van der Waals surface area contributed by atoms with Crippen LogP contribution in [0.25, 0.3) is 0 Å². The maximum Gasteiger partial charge on any atom is 0.337 e. The molecule has 2 aromatic rings. The summed E-state index contributed by atoms with van der Waals surface area (Å²) in [5.41, 5.74) is 3.56. The van der Waals surface area contributed by atoms with Crippen molar-refractivity contribution in [1.29, 1.82) is 0 Å². The number of methoxy groups -OCH3 is 1. The second-order valence-corrected chi connectivity index (χ2v) is 5.52. The Hall–Kier alpha value is -3.06. The first kappa shape index (κ1) is 15.5. The van der Waals surface area contributed by atoms with Crippen LogP contribution in [0.5, 0.6) is 11.5 Å². The van der Waals surface area contributed by atoms with Crippen LogP contribution in [0.4, 0.5) is 11.4 Å². The van der Waals surface area contributed by atoms with Crippen molar-refractivity contribution in [2.75, 3.05) is 32.6 Å². The number of carbonyl (C=O) groups excluding carboxylic acids is 1. The molecule has 0 spiro atoms. The molecule has 0 aliphatic carbocycles. The quantitative estimate of drug-likeness (QED) is 0.847. The molecule has 2 heterocycles. The van der Waals surface area contributed by atoms with Crippen LogP contribution in [0, 0.1) is 0 Å². The number of anilines is 1. The average Bonchev–Trinajstić information content (AvgIpc) is 3.09. The Morgan fingerprint density at radius 1 is 1.16 bits per heavy atom. The van der Waals surface area contributed by atoms with E-state index in [9.17, 15) is 4.79 Å². The van der Waals surface area contributed by atoms with Gasteiger partial charge in [0.2, 0.25) is 6.79 Å². The van der Waals surface area contributed by atoms with E-state index in [0.29, 0.717) is 30.3 Å². The van der Waals surface area contributed by atoms with Gasteiger partial charge in [0.25, 0.3) is 0 Å². The van der Waals surface area contributed by atoms with E-state index in [0.717, 1.165) is 22.7 Å². The molecule has 0 saturated heterocycles. The van der Waals surface area contributed by atoms with Crippen LogP contribution in [-0.4, -0.2) is 38.9 Å². The molecule has 0 aromatic heterocycles. The zero-order valence-corrected chi connectivity index (χ0v) is 13.6. The Morgan fingerprint density at radius 2 is 2.04 bits per heavy atom. The molecule has 0 amide bonds. The van der Waals surface area contributed by atoms with E-state index in [1.807, 2.05) is 18.2 Å². The van der Waals surface area contributed by atoms with E-state index in [2.05, 4.69) is 5.32 Å². The van der Waals surface area contributed by atoms with Gasteiger partial charge < -0.3 is 24.3 Å². The van der Waals surface area contributed by atoms with Gasteiger partial charge in [0, 0.05) is 5.56 Å². The summed E-state index contributed by atoms with van der Waals surface area (Å²) in [7, 11) is 1.35. The molecule has 0 atom stereocenters. The van der Waals surface area contributed by atoms with Crippen molar-refractivity contribution in [3.8, 4) is 11.5 Å². The van der Waals surface area contributed by atoms with Crippen LogP contribution < -0.4 is 14.8 Å². The monoisotopic (exact) mass is 340 g/mol. The van der Waals surface area contributed by atoms with Gasteiger partial charge in [-0.15, -0.1) is 0 Å². The Bertz CT molecular complexity index is 863. The standard InChI is InChI=1S/C18H16N2O5/c1-22-18(21)12-2-4-13-14(6-12)19-9-23-8-15(20-13)11-3-5-16-17(7-11)25-10-24-16/h2-7,19H,8-10H2,1H3. The second kappa shape index (κ2) is 6.45. The molecule has 0 unspecified atom stereocenters. The highest BCUT2D eigenvalue weighted by molar-refractivity contribution is 6.04. The second-order valence-electron chi connectivity index (χ2n) is 5.52. The zero-order valence-electron chi connectivity index (χ0n) is 13.6. The molecule has 2 aliphatic heterocycles. The van der Waals surface area contributed by atoms with Crippen molar-refractivity contribution in [2.45, 2.75) is 0 Å². The molecule has 0 radical (unpaired) electrons. The highest BCUT2D eigenvalue weighted by Crippen LogP contribution is 2.34. The fourth-order valence-corrected chi connectivity index (χ4v) is 2.70. The number of ether oxygens (including phenoxy) is 4. The number of fused-ring (bicyclic) bond motifs is 2. The van der Waals surface area contributed by atoms with Crippen LogP contribution in [0.1, 0.15) is 15.9 Å². The number of benzene rings is 2. The van der Waals surface area contributed by atoms with E-state index in [4.69, 9.17) is 23.9 Å². The number of nitrogens with one attached hydrogen (secondary N) is 1. The zero-order chi connectivity index (χ0) is 17.2. The molecule has 4 rings (SSSR count). The minimum absolute atomic E-state index is 0.227. The number of aliphatic imine (C=N–C) groups is 1. The summed E-state index contributed by atoms with van der Waals surface area (Å²) in [4.78, 5) is 16.4. The lowest BCUT2D eigenvalue weighted by molar-refractivity contribution is 0.0600. The predicted octanol–water partition coefficient (Wildman–Crippen LogP) is 2.72. The number of esters is 1. The first-order valence-corrected chi connectivity index (χ1v) is 7.76. The first-order chi connectivity index (χ1) is 12.2. The number of hydrogen-bond acceptors (Lipinski definition) is 7. The highest BCUT2D eigenvalue weighted by Gasteiger charge is 2.17. The normalized spacial score (nSPS) is 15.3. The predicted molar refractivity (Wildman–Crippen MR) is 91.0 cm³/mol. The van der Waals surface area contributed by atoms with Crippen LogP contribution >= 0.6 is 0 Å². The third-order valence-electron chi connectivity index (χ3n) is 3.98. The van der Waals surface area contributed by atoms with Gasteiger partial charge in [-0.05, 0) is 36.4 Å². The molecule has 0 saturated carbocycles. The molecule has 0 bridgehead atoms. The van der Waals surface area contributed by atoms with Gasteiger partial charge in [0.05, 0.1) is 36.4 Å². The third-order valence-corrected chi connectivity index (χ3v) is 3.98. The Balaban J connectivity index is 1.73. The fourth-order valence-electron chi connectivity index (χ4n) is 2.70. The number of carbonyl (C=O) groups is 1. The van der Waals surface area contributed by atoms with Crippen molar-refractivity contribution in [1.82, 2.24) is 0 Å². The van der Waals surface area contributed by atoms with Crippen LogP contribution in [0.2, 0.25) is 0 Å². The lowest BCUT2D eigenvalue weighted by atomic mass is 10.1. The molecular weight excluding hydrogens is 324 g/mol. The van der Waals surface area contributed by atoms with Gasteiger partial charge in [0.1, 0.15) is 6.73 Å². The summed E-state index contributed by atoms with van der Waals surface area (Å²) in [6.07, 6.45) is 0. The van der Waals surface area contributed by atoms with Crippen molar-refractivity contribution >= 4 is 23.1 Å². The Kier molecular flexibility index (Phi) is 3.99. The lowest BCUT2D eigenvalue weighted by Crippen LogP contribution is -2.17. The van der Waals surface area contributed by atoms with E-state index >= 15 is 0 Å². The van der Waals surface area contributed by atoms with Crippen molar-refractivity contribution in [3.63, 3.8) is 0 Å². The van der Waals surface area contributed by atoms with Crippen molar-refractivity contribution in [3.05, 3.63) is 47.5 Å². The first-order valence-electron chi connectivity index (χ1n) is 7.76. The van der Waals surface area contributed by atoms with Gasteiger partial charge in [-0.3, -0.25) is 0 Å². The minimum Gasteiger partial charge on any atom is -0.465 e. The van der Waals surface area contributed by atoms with Gasteiger partial charge in [-0.1, -0.05) is 0 Å². The average molecular weight is 340 g/mol. The fraction of sp³-hybridized carbons (Fsp3) is 0.222. The maximum absolute atomic E-state index is 11.7. The molecule has 128 valence electrons. The van der Waals surface area contributed by atoms with E-state index in [1.54, 1.807) is 18.2 Å². The van der Waals surface area contributed by atoms with Crippen LogP contribution in [0.3, 0.4) is 0 Å². The summed E-state index contributed by atoms with van der Waals surface area (Å²) in [5, 5.41) is 3.12. The summed E-state index contributed by atoms with van der Waals surface area (Å²) in [6.45, 7) is 0.886. The van der Waals surface area contributed by atoms with Crippen molar-refractivity contribution < 1.29 is 23.7 Å². The molecule has 7 nitrogen and oxygen atoms in total. The molecule has 2 aromatic carbocycles. The van der Waals surface area contributed by atoms with E-state index in [1.165, 1.54) is 7.11 Å². The highest BCUT2D eigenvalue weighted by atomic mass is 16.7. The molecule has 0 fully saturated rings. The Morgan fingerprint density at radius 3 is 2.92 bits per heavy atom. The largest absolute Gasteiger partial charge is 0.465 e. The third kappa shape index (κ3) is 3.01. The van der Waals surface area contributed by atoms with Gasteiger partial charge in [0.15, 0.2) is 11.5 Å². The van der Waals surface area contributed by atoms with Crippen LogP contribution in [-0.2, 0) is 9.47 Å². The summed E-state index contributed by atoms with van der Waals surface area (Å²) >= 11 is 0. The molecule has 25 heavy (non-hydrogen) atoms. The van der Waals surface area contributed by atoms with E-state index < -0.39 is 5.97 Å². The minimum atomic E-state index is -0.396. The number of rotatable bonds is 2. The van der Waals surface area contributed by atoms with Crippen molar-refractivity contribution in [2.24, 2.45) is 4.99 Å². The van der Waals surface area contributed by atoms with E-state index in [-0.39, 0.29) is 6.79 Å². The van der Waals surface area contributed by atoms with Crippen LogP contribution in [0.15, 0.2) is 41.4 Å². The topological polar surface area (TPSA) is 78.4 Å². The Labute approximate surface area is 144 Å². The summed E-state index contributed by atoms with van der Waals surface area (Å²) < 4.78 is 21.1. The number of nitrogens with zero attached hydrogens (tertiary/aromatic N) is 1.